The van der Waals surface area contributed by atoms with Crippen LogP contribution in [0.15, 0.2) is 0 Å². The standard InChI is InChI=1S/C10H16N2OS/c1-7(6-13-2)10-12-8-3-4-11-5-9(8)14-10/h7,11H,3-6H2,1-2H3. The van der Waals surface area contributed by atoms with Crippen LogP contribution in [-0.2, 0) is 17.7 Å². The summed E-state index contributed by atoms with van der Waals surface area (Å²) in [5, 5.41) is 4.59. The minimum Gasteiger partial charge on any atom is -0.384 e. The SMILES string of the molecule is COCC(C)c1nc2c(s1)CNCC2. The van der Waals surface area contributed by atoms with Gasteiger partial charge in [-0.3, -0.25) is 0 Å². The molecule has 1 aliphatic rings. The van der Waals surface area contributed by atoms with Crippen LogP contribution in [0.5, 0.6) is 0 Å². The third-order valence-corrected chi connectivity index (χ3v) is 3.79. The zero-order chi connectivity index (χ0) is 9.97. The molecular formula is C10H16N2OS. The van der Waals surface area contributed by atoms with Crippen LogP contribution in [0, 0.1) is 0 Å². The largest absolute Gasteiger partial charge is 0.384 e. The molecule has 4 heteroatoms. The molecule has 0 saturated carbocycles. The number of rotatable bonds is 3. The molecule has 0 aromatic carbocycles. The van der Waals surface area contributed by atoms with Gasteiger partial charge in [0.25, 0.3) is 0 Å². The second kappa shape index (κ2) is 4.38. The molecule has 0 saturated heterocycles. The first-order valence-electron chi connectivity index (χ1n) is 4.99. The van der Waals surface area contributed by atoms with Crippen molar-refractivity contribution in [2.75, 3.05) is 20.3 Å². The lowest BCUT2D eigenvalue weighted by molar-refractivity contribution is 0.184. The zero-order valence-electron chi connectivity index (χ0n) is 8.67. The Morgan fingerprint density at radius 3 is 3.21 bits per heavy atom. The van der Waals surface area contributed by atoms with E-state index in [1.54, 1.807) is 7.11 Å². The number of hydrogen-bond donors (Lipinski definition) is 1. The summed E-state index contributed by atoms with van der Waals surface area (Å²) in [6.45, 7) is 4.99. The second-order valence-corrected chi connectivity index (χ2v) is 4.82. The average molecular weight is 212 g/mol. The van der Waals surface area contributed by atoms with E-state index in [9.17, 15) is 0 Å². The van der Waals surface area contributed by atoms with Crippen molar-refractivity contribution in [2.24, 2.45) is 0 Å². The number of methoxy groups -OCH3 is 1. The van der Waals surface area contributed by atoms with Gasteiger partial charge in [0.1, 0.15) is 0 Å². The number of nitrogens with zero attached hydrogens (tertiary/aromatic N) is 1. The van der Waals surface area contributed by atoms with Gasteiger partial charge in [-0.05, 0) is 0 Å². The number of hydrogen-bond acceptors (Lipinski definition) is 4. The van der Waals surface area contributed by atoms with Gasteiger partial charge in [0, 0.05) is 37.4 Å². The summed E-state index contributed by atoms with van der Waals surface area (Å²) in [6, 6.07) is 0. The minimum absolute atomic E-state index is 0.426. The topological polar surface area (TPSA) is 34.1 Å². The van der Waals surface area contributed by atoms with Gasteiger partial charge in [0.15, 0.2) is 0 Å². The van der Waals surface area contributed by atoms with Gasteiger partial charge in [-0.1, -0.05) is 6.92 Å². The predicted octanol–water partition coefficient (Wildman–Crippen LogP) is 1.54. The van der Waals surface area contributed by atoms with E-state index in [1.807, 2.05) is 11.3 Å². The Hall–Kier alpha value is -0.450. The van der Waals surface area contributed by atoms with Crippen molar-refractivity contribution < 1.29 is 4.74 Å². The molecule has 1 aromatic rings. The highest BCUT2D eigenvalue weighted by atomic mass is 32.1. The van der Waals surface area contributed by atoms with E-state index >= 15 is 0 Å². The van der Waals surface area contributed by atoms with Crippen LogP contribution in [0.1, 0.15) is 28.4 Å². The molecule has 0 spiro atoms. The Bertz CT molecular complexity index is 288. The van der Waals surface area contributed by atoms with Crippen molar-refractivity contribution in [3.63, 3.8) is 0 Å². The maximum atomic E-state index is 5.14. The van der Waals surface area contributed by atoms with E-state index in [-0.39, 0.29) is 0 Å². The third-order valence-electron chi connectivity index (χ3n) is 2.46. The fourth-order valence-electron chi connectivity index (χ4n) is 1.68. The third kappa shape index (κ3) is 1.97. The molecule has 0 amide bonds. The number of thiazole rings is 1. The summed E-state index contributed by atoms with van der Waals surface area (Å²) >= 11 is 1.83. The lowest BCUT2D eigenvalue weighted by Gasteiger charge is -2.09. The van der Waals surface area contributed by atoms with Gasteiger partial charge >= 0.3 is 0 Å². The van der Waals surface area contributed by atoms with E-state index in [4.69, 9.17) is 4.74 Å². The lowest BCUT2D eigenvalue weighted by atomic mass is 10.2. The molecule has 1 N–H and O–H groups in total. The first-order chi connectivity index (χ1) is 6.81. The van der Waals surface area contributed by atoms with Crippen LogP contribution in [0.4, 0.5) is 0 Å². The predicted molar refractivity (Wildman–Crippen MR) is 57.8 cm³/mol. The molecule has 1 unspecified atom stereocenters. The number of fused-ring (bicyclic) bond motifs is 1. The van der Waals surface area contributed by atoms with Crippen LogP contribution in [0.3, 0.4) is 0 Å². The highest BCUT2D eigenvalue weighted by Crippen LogP contribution is 2.27. The fourth-order valence-corrected chi connectivity index (χ4v) is 2.79. The Labute approximate surface area is 88.5 Å². The molecule has 1 aliphatic heterocycles. The van der Waals surface area contributed by atoms with Gasteiger partial charge in [-0.25, -0.2) is 4.98 Å². The normalized spacial score (nSPS) is 17.9. The van der Waals surface area contributed by atoms with Crippen molar-refractivity contribution in [2.45, 2.75) is 25.8 Å². The molecule has 0 fully saturated rings. The Kier molecular flexibility index (Phi) is 3.15. The average Bonchev–Trinajstić information content (AvgIpc) is 2.61. The second-order valence-electron chi connectivity index (χ2n) is 3.71. The maximum Gasteiger partial charge on any atom is 0.0982 e. The fraction of sp³-hybridized carbons (Fsp3) is 0.700. The van der Waals surface area contributed by atoms with Gasteiger partial charge < -0.3 is 10.1 Å². The molecule has 0 aliphatic carbocycles. The first kappa shape index (κ1) is 10.1. The molecule has 3 nitrogen and oxygen atoms in total. The smallest absolute Gasteiger partial charge is 0.0982 e. The summed E-state index contributed by atoms with van der Waals surface area (Å²) < 4.78 is 5.14. The van der Waals surface area contributed by atoms with Crippen LogP contribution >= 0.6 is 11.3 Å². The number of nitrogens with one attached hydrogen (secondary N) is 1. The molecule has 14 heavy (non-hydrogen) atoms. The van der Waals surface area contributed by atoms with Crippen LogP contribution < -0.4 is 5.32 Å². The van der Waals surface area contributed by atoms with E-state index < -0.39 is 0 Å². The summed E-state index contributed by atoms with van der Waals surface area (Å²) in [6.07, 6.45) is 1.07. The molecule has 0 bridgehead atoms. The zero-order valence-corrected chi connectivity index (χ0v) is 9.49. The molecular weight excluding hydrogens is 196 g/mol. The summed E-state index contributed by atoms with van der Waals surface area (Å²) in [7, 11) is 1.74. The molecule has 0 radical (unpaired) electrons. The van der Waals surface area contributed by atoms with Crippen molar-refractivity contribution >= 4 is 11.3 Å². The number of ether oxygens (including phenoxy) is 1. The quantitative estimate of drug-likeness (QED) is 0.825. The molecule has 2 heterocycles. The molecule has 1 aromatic heterocycles. The van der Waals surface area contributed by atoms with Gasteiger partial charge in [-0.2, -0.15) is 0 Å². The molecule has 1 atom stereocenters. The van der Waals surface area contributed by atoms with Crippen molar-refractivity contribution in [3.8, 4) is 0 Å². The van der Waals surface area contributed by atoms with E-state index in [1.165, 1.54) is 15.6 Å². The Balaban J connectivity index is 2.15. The minimum atomic E-state index is 0.426. The van der Waals surface area contributed by atoms with E-state index in [2.05, 4.69) is 17.2 Å². The maximum absolute atomic E-state index is 5.14. The molecule has 2 rings (SSSR count). The lowest BCUT2D eigenvalue weighted by Crippen LogP contribution is -2.22. The number of aromatic nitrogens is 1. The van der Waals surface area contributed by atoms with E-state index in [0.29, 0.717) is 5.92 Å². The highest BCUT2D eigenvalue weighted by molar-refractivity contribution is 7.11. The monoisotopic (exact) mass is 212 g/mol. The van der Waals surface area contributed by atoms with Crippen molar-refractivity contribution in [1.29, 1.82) is 0 Å². The van der Waals surface area contributed by atoms with Crippen LogP contribution in [-0.4, -0.2) is 25.2 Å². The van der Waals surface area contributed by atoms with Crippen LogP contribution in [0.2, 0.25) is 0 Å². The van der Waals surface area contributed by atoms with Crippen molar-refractivity contribution in [3.05, 3.63) is 15.6 Å². The van der Waals surface area contributed by atoms with Crippen molar-refractivity contribution in [1.82, 2.24) is 10.3 Å². The Morgan fingerprint density at radius 1 is 1.64 bits per heavy atom. The van der Waals surface area contributed by atoms with Crippen LogP contribution in [0.25, 0.3) is 0 Å². The highest BCUT2D eigenvalue weighted by Gasteiger charge is 2.17. The first-order valence-corrected chi connectivity index (χ1v) is 5.81. The summed E-state index contributed by atoms with van der Waals surface area (Å²) in [5.74, 6) is 0.426. The van der Waals surface area contributed by atoms with Gasteiger partial charge in [0.05, 0.1) is 17.3 Å². The Morgan fingerprint density at radius 2 is 2.50 bits per heavy atom. The summed E-state index contributed by atoms with van der Waals surface area (Å²) in [4.78, 5) is 6.08. The van der Waals surface area contributed by atoms with E-state index in [0.717, 1.165) is 26.1 Å². The van der Waals surface area contributed by atoms with Gasteiger partial charge in [0.2, 0.25) is 0 Å². The molecule has 78 valence electrons. The summed E-state index contributed by atoms with van der Waals surface area (Å²) in [5.41, 5.74) is 1.30. The van der Waals surface area contributed by atoms with Gasteiger partial charge in [-0.15, -0.1) is 11.3 Å².